The minimum Gasteiger partial charge on any atom is -0.298 e. The second-order valence-electron chi connectivity index (χ2n) is 2.94. The summed E-state index contributed by atoms with van der Waals surface area (Å²) in [6, 6.07) is 2.27. The van der Waals surface area contributed by atoms with Gasteiger partial charge in [0.2, 0.25) is 0 Å². The largest absolute Gasteiger partial charge is 0.298 e. The van der Waals surface area contributed by atoms with Crippen LogP contribution in [0.1, 0.15) is 39.6 Å². The first-order valence-corrected chi connectivity index (χ1v) is 4.84. The molecular formula is C10H7BrF2O2. The Labute approximate surface area is 93.4 Å². The first-order chi connectivity index (χ1) is 6.97. The molecule has 80 valence electrons. The Morgan fingerprint density at radius 3 is 2.47 bits per heavy atom. The monoisotopic (exact) mass is 276 g/mol. The van der Waals surface area contributed by atoms with Crippen LogP contribution in [0.25, 0.3) is 0 Å². The van der Waals surface area contributed by atoms with Gasteiger partial charge in [-0.15, -0.1) is 0 Å². The molecule has 0 saturated heterocycles. The van der Waals surface area contributed by atoms with Crippen LogP contribution >= 0.6 is 15.9 Å². The molecule has 0 aliphatic carbocycles. The van der Waals surface area contributed by atoms with Crippen molar-refractivity contribution < 1.29 is 18.4 Å². The van der Waals surface area contributed by atoms with E-state index in [0.29, 0.717) is 6.29 Å². The van der Waals surface area contributed by atoms with Gasteiger partial charge in [0, 0.05) is 21.2 Å². The van der Waals surface area contributed by atoms with E-state index in [-0.39, 0.29) is 26.9 Å². The molecule has 0 spiro atoms. The van der Waals surface area contributed by atoms with E-state index in [2.05, 4.69) is 15.9 Å². The van der Waals surface area contributed by atoms with E-state index >= 15 is 0 Å². The van der Waals surface area contributed by atoms with Crippen molar-refractivity contribution in [2.45, 2.75) is 13.3 Å². The Bertz CT molecular complexity index is 416. The lowest BCUT2D eigenvalue weighted by atomic mass is 10.0. The van der Waals surface area contributed by atoms with E-state index < -0.39 is 6.43 Å². The number of carbonyl (C=O) groups excluding carboxylic acids is 2. The maximum atomic E-state index is 12.4. The predicted molar refractivity (Wildman–Crippen MR) is 54.5 cm³/mol. The highest BCUT2D eigenvalue weighted by molar-refractivity contribution is 9.10. The topological polar surface area (TPSA) is 34.1 Å². The van der Waals surface area contributed by atoms with Gasteiger partial charge in [-0.25, -0.2) is 8.78 Å². The lowest BCUT2D eigenvalue weighted by molar-refractivity contribution is 0.100. The third-order valence-electron chi connectivity index (χ3n) is 1.91. The lowest BCUT2D eigenvalue weighted by Gasteiger charge is -2.07. The van der Waals surface area contributed by atoms with Crippen LogP contribution in [-0.2, 0) is 0 Å². The summed E-state index contributed by atoms with van der Waals surface area (Å²) < 4.78 is 25.0. The first-order valence-electron chi connectivity index (χ1n) is 4.05. The average molecular weight is 277 g/mol. The first kappa shape index (κ1) is 12.0. The third kappa shape index (κ3) is 2.47. The summed E-state index contributed by atoms with van der Waals surface area (Å²) in [4.78, 5) is 21.7. The van der Waals surface area contributed by atoms with E-state index in [1.807, 2.05) is 0 Å². The fourth-order valence-corrected chi connectivity index (χ4v) is 1.69. The molecule has 0 fully saturated rings. The molecule has 0 unspecified atom stereocenters. The zero-order valence-corrected chi connectivity index (χ0v) is 9.35. The molecule has 0 N–H and O–H groups in total. The molecule has 5 heteroatoms. The maximum Gasteiger partial charge on any atom is 0.264 e. The Morgan fingerprint density at radius 1 is 1.47 bits per heavy atom. The van der Waals surface area contributed by atoms with Gasteiger partial charge in [-0.05, 0) is 19.1 Å². The van der Waals surface area contributed by atoms with Crippen molar-refractivity contribution in [3.63, 3.8) is 0 Å². The highest BCUT2D eigenvalue weighted by Crippen LogP contribution is 2.29. The molecule has 1 aromatic carbocycles. The van der Waals surface area contributed by atoms with Crippen LogP contribution in [0.5, 0.6) is 0 Å². The van der Waals surface area contributed by atoms with Crippen LogP contribution in [0.15, 0.2) is 16.6 Å². The quantitative estimate of drug-likeness (QED) is 0.626. The summed E-state index contributed by atoms with van der Waals surface area (Å²) in [5.74, 6) is -0.335. The molecule has 0 atom stereocenters. The molecular weight excluding hydrogens is 270 g/mol. The number of rotatable bonds is 3. The summed E-state index contributed by atoms with van der Waals surface area (Å²) in [5, 5.41) is 0. The standard InChI is InChI=1S/C10H7BrF2O2/c1-5(15)7-3-9(11)8(10(12)13)2-6(7)4-14/h2-4,10H,1H3. The van der Waals surface area contributed by atoms with Crippen molar-refractivity contribution in [2.24, 2.45) is 0 Å². The van der Waals surface area contributed by atoms with Crippen molar-refractivity contribution in [1.29, 1.82) is 0 Å². The Morgan fingerprint density at radius 2 is 2.07 bits per heavy atom. The molecule has 0 heterocycles. The molecule has 0 aliphatic rings. The van der Waals surface area contributed by atoms with Crippen LogP contribution < -0.4 is 0 Å². The highest BCUT2D eigenvalue weighted by Gasteiger charge is 2.16. The molecule has 2 nitrogen and oxygen atoms in total. The van der Waals surface area contributed by atoms with Gasteiger partial charge in [-0.2, -0.15) is 0 Å². The number of alkyl halides is 2. The van der Waals surface area contributed by atoms with Crippen LogP contribution in [0.3, 0.4) is 0 Å². The predicted octanol–water partition coefficient (Wildman–Crippen LogP) is 3.40. The van der Waals surface area contributed by atoms with E-state index in [9.17, 15) is 18.4 Å². The van der Waals surface area contributed by atoms with Crippen LogP contribution in [0.4, 0.5) is 8.78 Å². The summed E-state index contributed by atoms with van der Waals surface area (Å²) in [7, 11) is 0. The van der Waals surface area contributed by atoms with Crippen molar-refractivity contribution >= 4 is 28.0 Å². The van der Waals surface area contributed by atoms with Gasteiger partial charge in [-0.3, -0.25) is 9.59 Å². The van der Waals surface area contributed by atoms with Crippen molar-refractivity contribution in [3.05, 3.63) is 33.3 Å². The zero-order chi connectivity index (χ0) is 11.6. The molecule has 0 aromatic heterocycles. The summed E-state index contributed by atoms with van der Waals surface area (Å²) in [6.07, 6.45) is -2.28. The van der Waals surface area contributed by atoms with Crippen molar-refractivity contribution in [1.82, 2.24) is 0 Å². The molecule has 1 aromatic rings. The van der Waals surface area contributed by atoms with E-state index in [1.54, 1.807) is 0 Å². The average Bonchev–Trinajstić information content (AvgIpc) is 2.16. The third-order valence-corrected chi connectivity index (χ3v) is 2.60. The lowest BCUT2D eigenvalue weighted by Crippen LogP contribution is -2.01. The normalized spacial score (nSPS) is 10.5. The number of carbonyl (C=O) groups is 2. The Kier molecular flexibility index (Phi) is 3.68. The van der Waals surface area contributed by atoms with Crippen LogP contribution in [0.2, 0.25) is 0 Å². The number of hydrogen-bond donors (Lipinski definition) is 0. The molecule has 0 radical (unpaired) electrons. The minimum atomic E-state index is -2.68. The van der Waals surface area contributed by atoms with Gasteiger partial charge in [0.25, 0.3) is 6.43 Å². The maximum absolute atomic E-state index is 12.4. The van der Waals surface area contributed by atoms with Gasteiger partial charge in [0.15, 0.2) is 12.1 Å². The molecule has 0 saturated carbocycles. The van der Waals surface area contributed by atoms with Crippen molar-refractivity contribution in [3.8, 4) is 0 Å². The van der Waals surface area contributed by atoms with Gasteiger partial charge >= 0.3 is 0 Å². The van der Waals surface area contributed by atoms with Gasteiger partial charge in [0.05, 0.1) is 0 Å². The van der Waals surface area contributed by atoms with E-state index in [1.165, 1.54) is 13.0 Å². The molecule has 0 aliphatic heterocycles. The smallest absolute Gasteiger partial charge is 0.264 e. The van der Waals surface area contributed by atoms with E-state index in [0.717, 1.165) is 6.07 Å². The van der Waals surface area contributed by atoms with Crippen LogP contribution in [0, 0.1) is 0 Å². The SMILES string of the molecule is CC(=O)c1cc(Br)c(C(F)F)cc1C=O. The Hall–Kier alpha value is -1.10. The van der Waals surface area contributed by atoms with Crippen LogP contribution in [-0.4, -0.2) is 12.1 Å². The van der Waals surface area contributed by atoms with Gasteiger partial charge in [0.1, 0.15) is 0 Å². The molecule has 0 bridgehead atoms. The fourth-order valence-electron chi connectivity index (χ4n) is 1.18. The fraction of sp³-hybridized carbons (Fsp3) is 0.200. The van der Waals surface area contributed by atoms with Gasteiger partial charge < -0.3 is 0 Å². The van der Waals surface area contributed by atoms with E-state index in [4.69, 9.17) is 0 Å². The number of ketones is 1. The van der Waals surface area contributed by atoms with Gasteiger partial charge in [-0.1, -0.05) is 15.9 Å². The number of aldehydes is 1. The highest BCUT2D eigenvalue weighted by atomic mass is 79.9. The number of halogens is 3. The molecule has 1 rings (SSSR count). The number of hydrogen-bond acceptors (Lipinski definition) is 2. The Balaban J connectivity index is 3.42. The summed E-state index contributed by atoms with van der Waals surface area (Å²) in [6.45, 7) is 1.27. The zero-order valence-electron chi connectivity index (χ0n) is 7.76. The molecule has 15 heavy (non-hydrogen) atoms. The second kappa shape index (κ2) is 4.61. The number of benzene rings is 1. The number of Topliss-reactive ketones (excluding diaryl/α,β-unsaturated/α-hetero) is 1. The molecule has 0 amide bonds. The summed E-state index contributed by atoms with van der Waals surface area (Å²) in [5.41, 5.74) is -0.163. The minimum absolute atomic E-state index is 0.0130. The second-order valence-corrected chi connectivity index (χ2v) is 3.79. The van der Waals surface area contributed by atoms with Crippen molar-refractivity contribution in [2.75, 3.05) is 0 Å². The summed E-state index contributed by atoms with van der Waals surface area (Å²) >= 11 is 2.93.